The Morgan fingerprint density at radius 2 is 1.96 bits per heavy atom. The van der Waals surface area contributed by atoms with Crippen LogP contribution in [-0.4, -0.2) is 72.3 Å². The van der Waals surface area contributed by atoms with Crippen molar-refractivity contribution in [2.24, 2.45) is 0 Å². The van der Waals surface area contributed by atoms with Crippen molar-refractivity contribution in [3.05, 3.63) is 86.3 Å². The third-order valence-corrected chi connectivity index (χ3v) is 9.97. The smallest absolute Gasteiger partial charge is 0.416 e. The van der Waals surface area contributed by atoms with Gasteiger partial charge in [0.25, 0.3) is 11.5 Å². The standard InChI is InChI=1S/C32H28Cl2F3N7O5/c33-19-14-18(32(35,36)37)3-4-21(19)39-23(46)16-43-26-20(34)15-31(7-10-42(11-8-31)29(48)25-22(45)2-1-9-38-25)24(26)28(47)44-30(43)40-27(41-44)17-5-12-49-13-6-17/h1-5,9,14,20,45H,6-8,10-13,15-16H2,(H,39,46)/t20-/m0/s1. The highest BCUT2D eigenvalue weighted by molar-refractivity contribution is 6.33. The third kappa shape index (κ3) is 5.93. The van der Waals surface area contributed by atoms with Crippen molar-refractivity contribution in [1.82, 2.24) is 29.0 Å². The Balaban J connectivity index is 1.26. The summed E-state index contributed by atoms with van der Waals surface area (Å²) in [6.45, 7) is 0.874. The van der Waals surface area contributed by atoms with E-state index in [4.69, 9.17) is 27.9 Å². The number of aromatic nitrogens is 5. The molecule has 0 bridgehead atoms. The molecule has 49 heavy (non-hydrogen) atoms. The zero-order valence-corrected chi connectivity index (χ0v) is 27.1. The number of hydrogen-bond acceptors (Lipinski definition) is 8. The number of nitrogens with one attached hydrogen (secondary N) is 1. The average Bonchev–Trinajstić information content (AvgIpc) is 3.64. The number of nitrogens with zero attached hydrogens (tertiary/aromatic N) is 6. The number of pyridine rings is 1. The number of amides is 2. The number of hydrogen-bond donors (Lipinski definition) is 2. The lowest BCUT2D eigenvalue weighted by atomic mass is 9.74. The number of alkyl halides is 4. The first-order valence-electron chi connectivity index (χ1n) is 15.4. The molecule has 0 radical (unpaired) electrons. The lowest BCUT2D eigenvalue weighted by Crippen LogP contribution is -2.46. The molecule has 1 aliphatic carbocycles. The van der Waals surface area contributed by atoms with E-state index in [9.17, 15) is 32.7 Å². The van der Waals surface area contributed by atoms with Crippen molar-refractivity contribution < 1.29 is 32.6 Å². The van der Waals surface area contributed by atoms with E-state index in [1.54, 1.807) is 4.90 Å². The summed E-state index contributed by atoms with van der Waals surface area (Å²) in [5.41, 5.74) is -0.754. The number of carbonyl (C=O) groups is 2. The lowest BCUT2D eigenvalue weighted by Gasteiger charge is -2.39. The maximum Gasteiger partial charge on any atom is 0.416 e. The van der Waals surface area contributed by atoms with Gasteiger partial charge in [-0.25, -0.2) is 4.98 Å². The van der Waals surface area contributed by atoms with E-state index in [2.05, 4.69) is 20.4 Å². The summed E-state index contributed by atoms with van der Waals surface area (Å²) >= 11 is 13.1. The van der Waals surface area contributed by atoms with E-state index in [0.717, 1.165) is 28.3 Å². The lowest BCUT2D eigenvalue weighted by molar-refractivity contribution is -0.137. The van der Waals surface area contributed by atoms with E-state index in [0.29, 0.717) is 56.0 Å². The molecule has 7 rings (SSSR count). The fraction of sp³-hybridized carbons (Fsp3) is 0.375. The van der Waals surface area contributed by atoms with Gasteiger partial charge in [-0.15, -0.1) is 16.7 Å². The number of anilines is 1. The maximum atomic E-state index is 14.3. The van der Waals surface area contributed by atoms with Crippen molar-refractivity contribution >= 4 is 52.1 Å². The molecular formula is C32H28Cl2F3N7O5. The molecule has 2 N–H and O–H groups in total. The summed E-state index contributed by atoms with van der Waals surface area (Å²) in [4.78, 5) is 51.3. The molecule has 4 aromatic rings. The van der Waals surface area contributed by atoms with E-state index < -0.39 is 46.5 Å². The molecule has 5 heterocycles. The van der Waals surface area contributed by atoms with Gasteiger partial charge in [0.15, 0.2) is 11.5 Å². The van der Waals surface area contributed by atoms with Gasteiger partial charge in [0, 0.05) is 36.0 Å². The third-order valence-electron chi connectivity index (χ3n) is 9.30. The SMILES string of the molecule is O=C(Cn1c2c(c(=O)n3nc(C4=CCOCC4)nc13)C1(CCN(C(=O)c3ncccc3O)CC1)C[C@@H]2Cl)Nc1ccc(C(F)(F)F)cc1Cl. The molecule has 0 saturated carbocycles. The quantitative estimate of drug-likeness (QED) is 0.276. The van der Waals surface area contributed by atoms with Gasteiger partial charge in [-0.1, -0.05) is 17.7 Å². The Morgan fingerprint density at radius 1 is 1.18 bits per heavy atom. The van der Waals surface area contributed by atoms with Gasteiger partial charge in [0.1, 0.15) is 12.3 Å². The number of piperidine rings is 1. The van der Waals surface area contributed by atoms with Crippen LogP contribution in [-0.2, 0) is 27.7 Å². The minimum Gasteiger partial charge on any atom is -0.505 e. The van der Waals surface area contributed by atoms with Crippen LogP contribution >= 0.6 is 23.2 Å². The minimum atomic E-state index is -4.62. The Bertz CT molecular complexity index is 2090. The van der Waals surface area contributed by atoms with Crippen molar-refractivity contribution in [1.29, 1.82) is 0 Å². The first-order valence-corrected chi connectivity index (χ1v) is 16.2. The van der Waals surface area contributed by atoms with E-state index in [1.165, 1.54) is 22.9 Å². The van der Waals surface area contributed by atoms with Crippen LogP contribution in [0.5, 0.6) is 5.75 Å². The fourth-order valence-electron chi connectivity index (χ4n) is 6.89. The molecule has 2 aliphatic heterocycles. The predicted octanol–water partition coefficient (Wildman–Crippen LogP) is 4.96. The summed E-state index contributed by atoms with van der Waals surface area (Å²) in [7, 11) is 0. The van der Waals surface area contributed by atoms with E-state index >= 15 is 0 Å². The van der Waals surface area contributed by atoms with Crippen molar-refractivity contribution in [2.45, 2.75) is 49.2 Å². The number of ether oxygens (including phenoxy) is 1. The summed E-state index contributed by atoms with van der Waals surface area (Å²) in [5.74, 6) is -0.960. The first kappa shape index (κ1) is 33.0. The molecule has 2 amide bonds. The largest absolute Gasteiger partial charge is 0.505 e. The van der Waals surface area contributed by atoms with Gasteiger partial charge in [-0.05, 0) is 61.6 Å². The second-order valence-electron chi connectivity index (χ2n) is 12.2. The number of carbonyl (C=O) groups excluding carboxylic acids is 2. The molecule has 1 spiro atoms. The molecule has 3 aliphatic rings. The zero-order chi connectivity index (χ0) is 34.7. The van der Waals surface area contributed by atoms with Gasteiger partial charge < -0.3 is 24.6 Å². The molecule has 1 aromatic carbocycles. The van der Waals surface area contributed by atoms with Crippen LogP contribution in [0.1, 0.15) is 64.2 Å². The summed E-state index contributed by atoms with van der Waals surface area (Å²) in [6.07, 6.45) is 0.191. The zero-order valence-electron chi connectivity index (χ0n) is 25.6. The van der Waals surface area contributed by atoms with Gasteiger partial charge >= 0.3 is 6.18 Å². The van der Waals surface area contributed by atoms with Crippen LogP contribution in [0.25, 0.3) is 11.4 Å². The highest BCUT2D eigenvalue weighted by atomic mass is 35.5. The van der Waals surface area contributed by atoms with Crippen LogP contribution in [0.2, 0.25) is 5.02 Å². The molecule has 1 fully saturated rings. The predicted molar refractivity (Wildman–Crippen MR) is 172 cm³/mol. The summed E-state index contributed by atoms with van der Waals surface area (Å²) < 4.78 is 47.7. The normalized spacial score (nSPS) is 18.8. The number of fused-ring (bicyclic) bond motifs is 3. The van der Waals surface area contributed by atoms with E-state index in [1.807, 2.05) is 6.08 Å². The highest BCUT2D eigenvalue weighted by Gasteiger charge is 2.50. The number of likely N-dealkylation sites (tertiary alicyclic amines) is 1. The number of benzene rings is 1. The second-order valence-corrected chi connectivity index (χ2v) is 13.1. The summed E-state index contributed by atoms with van der Waals surface area (Å²) in [6, 6.07) is 5.51. The van der Waals surface area contributed by atoms with Crippen LogP contribution in [0, 0.1) is 0 Å². The minimum absolute atomic E-state index is 0.0298. The highest BCUT2D eigenvalue weighted by Crippen LogP contribution is 2.52. The van der Waals surface area contributed by atoms with Crippen molar-refractivity contribution in [3.63, 3.8) is 0 Å². The molecule has 12 nitrogen and oxygen atoms in total. The van der Waals surface area contributed by atoms with Gasteiger partial charge in [-0.2, -0.15) is 22.7 Å². The monoisotopic (exact) mass is 717 g/mol. The van der Waals surface area contributed by atoms with Crippen molar-refractivity contribution in [3.8, 4) is 5.75 Å². The van der Waals surface area contributed by atoms with Crippen molar-refractivity contribution in [2.75, 3.05) is 31.6 Å². The van der Waals surface area contributed by atoms with Crippen LogP contribution in [0.3, 0.4) is 0 Å². The van der Waals surface area contributed by atoms with Gasteiger partial charge in [0.05, 0.1) is 34.9 Å². The van der Waals surface area contributed by atoms with Crippen LogP contribution in [0.4, 0.5) is 18.9 Å². The summed E-state index contributed by atoms with van der Waals surface area (Å²) in [5, 5.41) is 16.3. The van der Waals surface area contributed by atoms with Crippen LogP contribution < -0.4 is 10.9 Å². The molecule has 256 valence electrons. The number of aromatic hydroxyl groups is 1. The number of halogens is 5. The maximum absolute atomic E-state index is 14.3. The van der Waals surface area contributed by atoms with Gasteiger partial charge in [-0.3, -0.25) is 14.4 Å². The van der Waals surface area contributed by atoms with Crippen LogP contribution in [0.15, 0.2) is 47.4 Å². The molecule has 3 aromatic heterocycles. The molecule has 1 atom stereocenters. The Hall–Kier alpha value is -4.47. The molecule has 1 saturated heterocycles. The van der Waals surface area contributed by atoms with Gasteiger partial charge in [0.2, 0.25) is 11.7 Å². The Morgan fingerprint density at radius 3 is 2.63 bits per heavy atom. The molecule has 17 heteroatoms. The average molecular weight is 719 g/mol. The Labute approximate surface area is 286 Å². The number of rotatable bonds is 5. The van der Waals surface area contributed by atoms with E-state index in [-0.39, 0.29) is 41.0 Å². The fourth-order valence-corrected chi connectivity index (χ4v) is 7.64. The molecular weight excluding hydrogens is 690 g/mol. The topological polar surface area (TPSA) is 144 Å². The second kappa shape index (κ2) is 12.4. The first-order chi connectivity index (χ1) is 23.4. The Kier molecular flexibility index (Phi) is 8.40. The molecule has 0 unspecified atom stereocenters.